The van der Waals surface area contributed by atoms with Crippen molar-refractivity contribution < 1.29 is 13.2 Å². The van der Waals surface area contributed by atoms with Crippen molar-refractivity contribution in [1.82, 2.24) is 9.80 Å². The largest absolute Gasteiger partial charge is 0.412 e. The molecule has 0 aromatic heterocycles. The maximum Gasteiger partial charge on any atom is 0.412 e. The lowest BCUT2D eigenvalue weighted by atomic mass is 9.84. The van der Waals surface area contributed by atoms with Crippen molar-refractivity contribution in [2.75, 3.05) is 39.8 Å². The molecule has 0 saturated carbocycles. The molecule has 3 nitrogen and oxygen atoms in total. The van der Waals surface area contributed by atoms with Crippen LogP contribution in [0.3, 0.4) is 0 Å². The SMILES string of the molecule is CN1CCN(CC2CCC(N)C=C2C(F)(F)F)CC1. The fourth-order valence-corrected chi connectivity index (χ4v) is 2.86. The molecule has 2 atom stereocenters. The number of hydrogen-bond donors (Lipinski definition) is 1. The number of hydrogen-bond acceptors (Lipinski definition) is 3. The molecule has 2 rings (SSSR count). The highest BCUT2D eigenvalue weighted by Crippen LogP contribution is 2.37. The summed E-state index contributed by atoms with van der Waals surface area (Å²) in [5, 5.41) is 0. The Bertz CT molecular complexity index is 333. The van der Waals surface area contributed by atoms with Gasteiger partial charge in [-0.1, -0.05) is 6.08 Å². The molecule has 1 heterocycles. The molecule has 0 bridgehead atoms. The summed E-state index contributed by atoms with van der Waals surface area (Å²) in [5.74, 6) is -0.414. The summed E-state index contributed by atoms with van der Waals surface area (Å²) in [5.41, 5.74) is 5.23. The van der Waals surface area contributed by atoms with Gasteiger partial charge < -0.3 is 15.5 Å². The molecule has 6 heteroatoms. The molecule has 0 aromatic carbocycles. The molecule has 2 N–H and O–H groups in total. The molecule has 0 spiro atoms. The molecule has 0 aromatic rings. The molecule has 1 saturated heterocycles. The Morgan fingerprint density at radius 2 is 1.84 bits per heavy atom. The first kappa shape index (κ1) is 14.8. The summed E-state index contributed by atoms with van der Waals surface area (Å²) in [6.45, 7) is 4.06. The minimum atomic E-state index is -4.24. The van der Waals surface area contributed by atoms with Crippen molar-refractivity contribution >= 4 is 0 Å². The lowest BCUT2D eigenvalue weighted by Gasteiger charge is -2.37. The number of halogens is 3. The minimum absolute atomic E-state index is 0.412. The Morgan fingerprint density at radius 3 is 2.42 bits per heavy atom. The second kappa shape index (κ2) is 5.81. The zero-order valence-corrected chi connectivity index (χ0v) is 11.3. The number of rotatable bonds is 2. The van der Waals surface area contributed by atoms with Gasteiger partial charge in [0.2, 0.25) is 0 Å². The summed E-state index contributed by atoms with van der Waals surface area (Å²) >= 11 is 0. The van der Waals surface area contributed by atoms with Crippen LogP contribution in [0.4, 0.5) is 13.2 Å². The van der Waals surface area contributed by atoms with Gasteiger partial charge in [0.25, 0.3) is 0 Å². The lowest BCUT2D eigenvalue weighted by Crippen LogP contribution is -2.47. The van der Waals surface area contributed by atoms with Crippen molar-refractivity contribution in [2.24, 2.45) is 11.7 Å². The predicted molar refractivity (Wildman–Crippen MR) is 68.8 cm³/mol. The van der Waals surface area contributed by atoms with Crippen molar-refractivity contribution in [3.05, 3.63) is 11.6 Å². The van der Waals surface area contributed by atoms with Crippen LogP contribution < -0.4 is 5.73 Å². The molecule has 2 aliphatic rings. The second-order valence-corrected chi connectivity index (χ2v) is 5.66. The van der Waals surface area contributed by atoms with E-state index in [2.05, 4.69) is 9.80 Å². The molecular formula is C13H22F3N3. The second-order valence-electron chi connectivity index (χ2n) is 5.66. The lowest BCUT2D eigenvalue weighted by molar-refractivity contribution is -0.102. The van der Waals surface area contributed by atoms with Crippen LogP contribution >= 0.6 is 0 Å². The van der Waals surface area contributed by atoms with Crippen LogP contribution in [0.2, 0.25) is 0 Å². The van der Waals surface area contributed by atoms with Gasteiger partial charge in [0.15, 0.2) is 0 Å². The van der Waals surface area contributed by atoms with E-state index in [0.717, 1.165) is 26.2 Å². The first-order valence-electron chi connectivity index (χ1n) is 6.81. The summed E-state index contributed by atoms with van der Waals surface area (Å²) in [7, 11) is 2.04. The van der Waals surface area contributed by atoms with Crippen LogP contribution in [0.5, 0.6) is 0 Å². The van der Waals surface area contributed by atoms with Crippen molar-refractivity contribution in [3.63, 3.8) is 0 Å². The van der Waals surface area contributed by atoms with Crippen LogP contribution in [0.25, 0.3) is 0 Å². The van der Waals surface area contributed by atoms with E-state index in [1.165, 1.54) is 6.08 Å². The normalized spacial score (nSPS) is 31.3. The highest BCUT2D eigenvalue weighted by Gasteiger charge is 2.41. The highest BCUT2D eigenvalue weighted by atomic mass is 19.4. The predicted octanol–water partition coefficient (Wildman–Crippen LogP) is 1.46. The minimum Gasteiger partial charge on any atom is -0.324 e. The summed E-state index contributed by atoms with van der Waals surface area (Å²) in [6.07, 6.45) is -1.82. The van der Waals surface area contributed by atoms with E-state index in [1.54, 1.807) is 0 Å². The Hall–Kier alpha value is -0.590. The first-order chi connectivity index (χ1) is 8.86. The van der Waals surface area contributed by atoms with Gasteiger partial charge in [-0.15, -0.1) is 0 Å². The smallest absolute Gasteiger partial charge is 0.324 e. The fourth-order valence-electron chi connectivity index (χ4n) is 2.86. The first-order valence-corrected chi connectivity index (χ1v) is 6.81. The van der Waals surface area contributed by atoms with Gasteiger partial charge in [-0.3, -0.25) is 0 Å². The molecule has 0 amide bonds. The van der Waals surface area contributed by atoms with Crippen LogP contribution in [0.1, 0.15) is 12.8 Å². The number of alkyl halides is 3. The number of nitrogens with zero attached hydrogens (tertiary/aromatic N) is 2. The quantitative estimate of drug-likeness (QED) is 0.776. The standard InChI is InChI=1S/C13H22F3N3/c1-18-4-6-19(7-5-18)9-10-2-3-11(17)8-12(10)13(14,15)16/h8,10-11H,2-7,9,17H2,1H3. The summed E-state index contributed by atoms with van der Waals surface area (Å²) in [6, 6.07) is -0.444. The van der Waals surface area contributed by atoms with E-state index < -0.39 is 23.7 Å². The van der Waals surface area contributed by atoms with Crippen LogP contribution in [0.15, 0.2) is 11.6 Å². The molecule has 19 heavy (non-hydrogen) atoms. The topological polar surface area (TPSA) is 32.5 Å². The zero-order chi connectivity index (χ0) is 14.0. The van der Waals surface area contributed by atoms with Gasteiger partial charge in [-0.2, -0.15) is 13.2 Å². The van der Waals surface area contributed by atoms with Gasteiger partial charge >= 0.3 is 6.18 Å². The average Bonchev–Trinajstić information content (AvgIpc) is 2.33. The Balaban J connectivity index is 2.00. The molecule has 1 aliphatic heterocycles. The van der Waals surface area contributed by atoms with Crippen LogP contribution in [-0.2, 0) is 0 Å². The van der Waals surface area contributed by atoms with E-state index in [1.807, 2.05) is 7.05 Å². The van der Waals surface area contributed by atoms with Gasteiger partial charge in [-0.05, 0) is 19.9 Å². The van der Waals surface area contributed by atoms with Crippen molar-refractivity contribution in [2.45, 2.75) is 25.1 Å². The Labute approximate surface area is 112 Å². The van der Waals surface area contributed by atoms with E-state index >= 15 is 0 Å². The Morgan fingerprint density at radius 1 is 1.21 bits per heavy atom. The maximum atomic E-state index is 13.0. The van der Waals surface area contributed by atoms with Crippen LogP contribution in [-0.4, -0.2) is 61.8 Å². The Kier molecular flexibility index (Phi) is 4.53. The number of nitrogens with two attached hydrogens (primary N) is 1. The van der Waals surface area contributed by atoms with Gasteiger partial charge in [-0.25, -0.2) is 0 Å². The van der Waals surface area contributed by atoms with Crippen LogP contribution in [0, 0.1) is 5.92 Å². The summed E-state index contributed by atoms with van der Waals surface area (Å²) < 4.78 is 39.1. The number of piperazine rings is 1. The molecular weight excluding hydrogens is 255 g/mol. The van der Waals surface area contributed by atoms with E-state index in [9.17, 15) is 13.2 Å². The van der Waals surface area contributed by atoms with E-state index in [-0.39, 0.29) is 0 Å². The molecule has 0 radical (unpaired) electrons. The molecule has 2 unspecified atom stereocenters. The number of likely N-dealkylation sites (N-methyl/N-ethyl adjacent to an activating group) is 1. The van der Waals surface area contributed by atoms with Crippen molar-refractivity contribution in [1.29, 1.82) is 0 Å². The van der Waals surface area contributed by atoms with Gasteiger partial charge in [0.05, 0.1) is 0 Å². The molecule has 110 valence electrons. The maximum absolute atomic E-state index is 13.0. The highest BCUT2D eigenvalue weighted by molar-refractivity contribution is 5.19. The fraction of sp³-hybridized carbons (Fsp3) is 0.846. The third-order valence-corrected chi connectivity index (χ3v) is 4.08. The van der Waals surface area contributed by atoms with Gasteiger partial charge in [0, 0.05) is 50.3 Å². The van der Waals surface area contributed by atoms with E-state index in [0.29, 0.717) is 19.4 Å². The van der Waals surface area contributed by atoms with Gasteiger partial charge in [0.1, 0.15) is 0 Å². The third-order valence-electron chi connectivity index (χ3n) is 4.08. The molecule has 1 aliphatic carbocycles. The average molecular weight is 277 g/mol. The van der Waals surface area contributed by atoms with Crippen molar-refractivity contribution in [3.8, 4) is 0 Å². The molecule has 1 fully saturated rings. The third kappa shape index (κ3) is 3.94. The summed E-state index contributed by atoms with van der Waals surface area (Å²) in [4.78, 5) is 4.34. The monoisotopic (exact) mass is 277 g/mol. The zero-order valence-electron chi connectivity index (χ0n) is 11.3. The van der Waals surface area contributed by atoms with E-state index in [4.69, 9.17) is 5.73 Å².